The van der Waals surface area contributed by atoms with Gasteiger partial charge in [0.05, 0.1) is 11.1 Å². The maximum absolute atomic E-state index is 14.1. The van der Waals surface area contributed by atoms with E-state index in [9.17, 15) is 39.0 Å². The van der Waals surface area contributed by atoms with Gasteiger partial charge in [0.1, 0.15) is 30.2 Å². The Hall–Kier alpha value is -4.11. The van der Waals surface area contributed by atoms with Crippen LogP contribution in [0.3, 0.4) is 0 Å². The quantitative estimate of drug-likeness (QED) is 0.209. The third-order valence-corrected chi connectivity index (χ3v) is 10.1. The summed E-state index contributed by atoms with van der Waals surface area (Å²) in [5.41, 5.74) is 1.38. The first kappa shape index (κ1) is 37.7. The van der Waals surface area contributed by atoms with Crippen molar-refractivity contribution < 1.29 is 39.0 Å². The van der Waals surface area contributed by atoms with Crippen LogP contribution in [0, 0.1) is 11.8 Å². The summed E-state index contributed by atoms with van der Waals surface area (Å²) in [4.78, 5) is 82.8. The van der Waals surface area contributed by atoms with E-state index in [0.29, 0.717) is 10.6 Å². The van der Waals surface area contributed by atoms with Gasteiger partial charge in [0.25, 0.3) is 0 Å². The summed E-state index contributed by atoms with van der Waals surface area (Å²) in [6.45, 7) is 6.43. The lowest BCUT2D eigenvalue weighted by Gasteiger charge is -2.27. The number of H-pyrrole nitrogens is 1. The smallest absolute Gasteiger partial charge is 0.327 e. The number of rotatable bonds is 7. The zero-order chi connectivity index (χ0) is 35.8. The zero-order valence-electron chi connectivity index (χ0n) is 28.3. The Kier molecular flexibility index (Phi) is 13.1. The number of aromatic amines is 1. The van der Waals surface area contributed by atoms with Crippen LogP contribution >= 0.6 is 11.8 Å². The average molecular weight is 701 g/mol. The number of thioether (sulfide) groups is 1. The SMILES string of the molecule is CC(C)C[C@@H]1NC(=O)[C@@H](NC(=O)CC2CCCC2)Cc2c([nH]c3ccccc23)SC[C@@H](C(=O)O)NC(=O)[C@H]([C@@H](C)O)NC(=O)[C@@H](C)NC1=O. The van der Waals surface area contributed by atoms with Crippen molar-refractivity contribution in [1.82, 2.24) is 31.6 Å². The zero-order valence-corrected chi connectivity index (χ0v) is 29.2. The van der Waals surface area contributed by atoms with E-state index in [1.54, 1.807) is 0 Å². The lowest BCUT2D eigenvalue weighted by atomic mass is 9.99. The van der Waals surface area contributed by atoms with Gasteiger partial charge in [0.2, 0.25) is 29.5 Å². The van der Waals surface area contributed by atoms with Crippen molar-refractivity contribution in [2.45, 2.75) is 114 Å². The van der Waals surface area contributed by atoms with Crippen molar-refractivity contribution >= 4 is 58.2 Å². The van der Waals surface area contributed by atoms with Crippen LogP contribution in [0.5, 0.6) is 0 Å². The lowest BCUT2D eigenvalue weighted by molar-refractivity contribution is -0.142. The van der Waals surface area contributed by atoms with E-state index in [0.717, 1.165) is 48.3 Å². The number of benzene rings is 1. The van der Waals surface area contributed by atoms with Crippen molar-refractivity contribution in [3.8, 4) is 0 Å². The third kappa shape index (κ3) is 10.2. The number of carboxylic acid groups (broad SMARTS) is 1. The average Bonchev–Trinajstić information content (AvgIpc) is 3.67. The molecule has 268 valence electrons. The summed E-state index contributed by atoms with van der Waals surface area (Å²) < 4.78 is 0. The molecule has 4 rings (SSSR count). The Bertz CT molecular complexity index is 1540. The van der Waals surface area contributed by atoms with E-state index >= 15 is 0 Å². The van der Waals surface area contributed by atoms with Crippen LogP contribution in [0.1, 0.15) is 71.8 Å². The number of carboxylic acids is 1. The van der Waals surface area contributed by atoms with Gasteiger partial charge in [0.15, 0.2) is 0 Å². The maximum atomic E-state index is 14.1. The fraction of sp³-hybridized carbons (Fsp3) is 0.588. The second-order valence-electron chi connectivity index (χ2n) is 13.5. The molecule has 2 heterocycles. The molecule has 1 saturated carbocycles. The van der Waals surface area contributed by atoms with E-state index in [1.807, 2.05) is 38.1 Å². The summed E-state index contributed by atoms with van der Waals surface area (Å²) in [5.74, 6) is -4.50. The molecule has 5 amide bonds. The monoisotopic (exact) mass is 700 g/mol. The highest BCUT2D eigenvalue weighted by molar-refractivity contribution is 7.99. The molecule has 1 aliphatic heterocycles. The largest absolute Gasteiger partial charge is 0.480 e. The van der Waals surface area contributed by atoms with E-state index in [1.165, 1.54) is 13.8 Å². The van der Waals surface area contributed by atoms with Gasteiger partial charge in [-0.2, -0.15) is 0 Å². The van der Waals surface area contributed by atoms with Gasteiger partial charge in [0, 0.05) is 29.5 Å². The molecular weight excluding hydrogens is 652 g/mol. The number of aliphatic hydroxyl groups excluding tert-OH is 1. The van der Waals surface area contributed by atoms with Crippen LogP contribution in [-0.4, -0.2) is 92.8 Å². The number of aliphatic carboxylic acids is 1. The highest BCUT2D eigenvalue weighted by atomic mass is 32.2. The van der Waals surface area contributed by atoms with E-state index < -0.39 is 65.9 Å². The van der Waals surface area contributed by atoms with Crippen LogP contribution in [-0.2, 0) is 35.2 Å². The Labute approximate surface area is 289 Å². The molecule has 1 aromatic heterocycles. The molecule has 0 radical (unpaired) electrons. The van der Waals surface area contributed by atoms with Gasteiger partial charge in [-0.15, -0.1) is 11.8 Å². The molecule has 2 aliphatic rings. The number of aromatic nitrogens is 1. The molecule has 0 unspecified atom stereocenters. The molecule has 0 spiro atoms. The number of hydrogen-bond acceptors (Lipinski definition) is 8. The first-order valence-corrected chi connectivity index (χ1v) is 17.9. The number of para-hydroxylation sites is 1. The molecule has 1 fully saturated rings. The second-order valence-corrected chi connectivity index (χ2v) is 14.5. The summed E-state index contributed by atoms with van der Waals surface area (Å²) in [6.07, 6.45) is 3.12. The first-order chi connectivity index (χ1) is 23.2. The fourth-order valence-electron chi connectivity index (χ4n) is 6.29. The van der Waals surface area contributed by atoms with Gasteiger partial charge in [-0.25, -0.2) is 4.79 Å². The molecule has 0 bridgehead atoms. The number of carbonyl (C=O) groups excluding carboxylic acids is 5. The summed E-state index contributed by atoms with van der Waals surface area (Å²) in [6, 6.07) is 1.08. The van der Waals surface area contributed by atoms with Crippen LogP contribution in [0.25, 0.3) is 10.9 Å². The van der Waals surface area contributed by atoms with Crippen molar-refractivity contribution in [2.75, 3.05) is 5.75 Å². The van der Waals surface area contributed by atoms with E-state index in [-0.39, 0.29) is 42.8 Å². The number of aliphatic hydroxyl groups is 1. The number of amides is 5. The Morgan fingerprint density at radius 1 is 0.939 bits per heavy atom. The van der Waals surface area contributed by atoms with E-state index in [2.05, 4.69) is 31.6 Å². The highest BCUT2D eigenvalue weighted by Gasteiger charge is 2.34. The number of carbonyl (C=O) groups is 6. The van der Waals surface area contributed by atoms with Gasteiger partial charge >= 0.3 is 5.97 Å². The molecule has 6 atom stereocenters. The molecule has 2 aromatic rings. The molecule has 8 N–H and O–H groups in total. The molecular formula is C34H48N6O8S. The predicted octanol–water partition coefficient (Wildman–Crippen LogP) is 1.35. The van der Waals surface area contributed by atoms with Crippen molar-refractivity contribution in [1.29, 1.82) is 0 Å². The minimum Gasteiger partial charge on any atom is -0.480 e. The molecule has 14 nitrogen and oxygen atoms in total. The molecule has 1 aliphatic carbocycles. The normalized spacial score (nSPS) is 25.7. The van der Waals surface area contributed by atoms with Gasteiger partial charge in [-0.3, -0.25) is 24.0 Å². The fourth-order valence-corrected chi connectivity index (χ4v) is 7.39. The predicted molar refractivity (Wildman–Crippen MR) is 183 cm³/mol. The minimum absolute atomic E-state index is 0.0254. The summed E-state index contributed by atoms with van der Waals surface area (Å²) in [7, 11) is 0. The van der Waals surface area contributed by atoms with E-state index in [4.69, 9.17) is 0 Å². The van der Waals surface area contributed by atoms with Crippen molar-refractivity contribution in [3.63, 3.8) is 0 Å². The van der Waals surface area contributed by atoms with Crippen molar-refractivity contribution in [2.24, 2.45) is 11.8 Å². The molecule has 49 heavy (non-hydrogen) atoms. The first-order valence-electron chi connectivity index (χ1n) is 16.9. The summed E-state index contributed by atoms with van der Waals surface area (Å²) in [5, 5.41) is 34.8. The van der Waals surface area contributed by atoms with Crippen molar-refractivity contribution in [3.05, 3.63) is 29.8 Å². The van der Waals surface area contributed by atoms with Gasteiger partial charge in [-0.1, -0.05) is 44.9 Å². The Morgan fingerprint density at radius 3 is 2.29 bits per heavy atom. The molecule has 1 aromatic carbocycles. The lowest BCUT2D eigenvalue weighted by Crippen LogP contribution is -2.60. The van der Waals surface area contributed by atoms with Crippen LogP contribution in [0.4, 0.5) is 0 Å². The van der Waals surface area contributed by atoms with Crippen LogP contribution in [0.15, 0.2) is 29.3 Å². The highest BCUT2D eigenvalue weighted by Crippen LogP contribution is 2.32. The number of nitrogens with one attached hydrogen (secondary N) is 6. The van der Waals surface area contributed by atoms with Crippen LogP contribution < -0.4 is 26.6 Å². The number of fused-ring (bicyclic) bond motifs is 3. The minimum atomic E-state index is -1.51. The van der Waals surface area contributed by atoms with Crippen LogP contribution in [0.2, 0.25) is 0 Å². The summed E-state index contributed by atoms with van der Waals surface area (Å²) >= 11 is 1.11. The molecule has 0 saturated heterocycles. The number of hydrogen-bond donors (Lipinski definition) is 8. The second kappa shape index (κ2) is 17.0. The van der Waals surface area contributed by atoms with Gasteiger partial charge < -0.3 is 41.8 Å². The Morgan fingerprint density at radius 2 is 1.63 bits per heavy atom. The molecule has 15 heteroatoms. The topological polar surface area (TPSA) is 219 Å². The van der Waals surface area contributed by atoms with Gasteiger partial charge in [-0.05, 0) is 56.6 Å². The Balaban J connectivity index is 1.75. The standard InChI is InChI=1S/C34H48N6O8S/c1-17(2)13-24-30(44)35-18(3)29(43)40-28(19(4)41)32(46)38-26(34(47)48)16-49-33-22(21-11-7-8-12-23(21)39-33)15-25(31(45)37-24)36-27(42)14-20-9-5-6-10-20/h7-8,11-12,17-20,24-26,28,39,41H,5-6,9-10,13-16H2,1-4H3,(H,35,44)(H,36,42)(H,37,45)(H,38,46)(H,40,43)(H,47,48)/t18-,19-,24+,25+,26+,28+/m1/s1. The maximum Gasteiger partial charge on any atom is 0.327 e. The third-order valence-electron chi connectivity index (χ3n) is 8.95.